The van der Waals surface area contributed by atoms with Gasteiger partial charge in [0.05, 0.1) is 54.0 Å². The molecule has 0 spiro atoms. The van der Waals surface area contributed by atoms with E-state index in [0.717, 1.165) is 39.5 Å². The maximum atomic E-state index is 13.8. The van der Waals surface area contributed by atoms with Crippen molar-refractivity contribution in [1.29, 1.82) is 0 Å². The van der Waals surface area contributed by atoms with Crippen LogP contribution in [0.1, 0.15) is 16.2 Å². The lowest BCUT2D eigenvalue weighted by Crippen LogP contribution is -2.07. The summed E-state index contributed by atoms with van der Waals surface area (Å²) in [6.07, 6.45) is 1.04. The van der Waals surface area contributed by atoms with Crippen LogP contribution >= 0.6 is 0 Å². The molecule has 6 rings (SSSR count). The first-order valence-electron chi connectivity index (χ1n) is 16.6. The highest BCUT2D eigenvalue weighted by Crippen LogP contribution is 2.45. The summed E-state index contributed by atoms with van der Waals surface area (Å²) in [6.45, 7) is 0. The van der Waals surface area contributed by atoms with Crippen molar-refractivity contribution in [3.8, 4) is 79.3 Å². The van der Waals surface area contributed by atoms with E-state index in [9.17, 15) is 13.4 Å². The lowest BCUT2D eigenvalue weighted by molar-refractivity contribution is 0.104. The fourth-order valence-electron chi connectivity index (χ4n) is 6.27. The van der Waals surface area contributed by atoms with E-state index in [1.165, 1.54) is 28.4 Å². The second-order valence-corrected chi connectivity index (χ2v) is 11.7. The topological polar surface area (TPSA) is 113 Å². The summed E-state index contributed by atoms with van der Waals surface area (Å²) >= 11 is 0. The maximum Gasteiger partial charge on any atom is 0.796 e. The van der Waals surface area contributed by atoms with Crippen molar-refractivity contribution in [2.75, 3.05) is 42.7 Å². The molecule has 0 bridgehead atoms. The number of rotatable bonds is 15. The Labute approximate surface area is 311 Å². The fraction of sp³-hybridized carbons (Fsp3) is 0.146. The normalized spacial score (nSPS) is 11.1. The average Bonchev–Trinajstić information content (AvgIpc) is 3.91. The zero-order valence-electron chi connectivity index (χ0n) is 30.4. The molecule has 10 nitrogen and oxygen atoms in total. The molecule has 0 fully saturated rings. The molecule has 0 saturated heterocycles. The summed E-state index contributed by atoms with van der Waals surface area (Å²) in [5, 5.41) is 0. The number of nitrogens with one attached hydrogen (secondary N) is 2. The molecular weight excluding hydrogens is 697 g/mol. The van der Waals surface area contributed by atoms with Crippen molar-refractivity contribution >= 4 is 19.0 Å². The standard InChI is InChI=1S/C41H37BF2N2O8/c1-48-36-19-24(20-37(49-2)40(36)52-5)26-11-7-9-13-28(26)30-15-17-32(45-30)34(47)23-35(54-42(43)44)33-18-16-31(46-33)29-14-10-8-12-27(29)25-21-38(50-3)41(53-6)39(22-25)51-4/h7-23,45-46H,1-6H3/b35-23-. The highest BCUT2D eigenvalue weighted by molar-refractivity contribution is 6.36. The first-order chi connectivity index (χ1) is 26.2. The smallest absolute Gasteiger partial charge is 0.503 e. The number of benzene rings is 4. The van der Waals surface area contributed by atoms with Crippen LogP contribution in [0.3, 0.4) is 0 Å². The maximum absolute atomic E-state index is 13.8. The van der Waals surface area contributed by atoms with Crippen LogP contribution in [0.25, 0.3) is 50.5 Å². The first kappa shape index (κ1) is 37.1. The van der Waals surface area contributed by atoms with Crippen molar-refractivity contribution in [2.24, 2.45) is 0 Å². The van der Waals surface area contributed by atoms with E-state index >= 15 is 0 Å². The SMILES string of the molecule is COc1cc(-c2ccccc2-c2ccc(C(=O)/C=C(\OB(F)F)c3ccc(-c4ccccc4-c4cc(OC)c(OC)c(OC)c4)[nH]3)[nH]2)cc(OC)c1OC. The lowest BCUT2D eigenvalue weighted by atomic mass is 9.97. The van der Waals surface area contributed by atoms with E-state index in [4.69, 9.17) is 33.1 Å². The zero-order chi connectivity index (χ0) is 38.4. The fourth-order valence-corrected chi connectivity index (χ4v) is 6.27. The number of hydrogen-bond acceptors (Lipinski definition) is 8. The van der Waals surface area contributed by atoms with Crippen molar-refractivity contribution in [2.45, 2.75) is 0 Å². The van der Waals surface area contributed by atoms with E-state index in [1.54, 1.807) is 38.5 Å². The van der Waals surface area contributed by atoms with Crippen LogP contribution in [0.5, 0.6) is 34.5 Å². The van der Waals surface area contributed by atoms with Crippen LogP contribution in [0, 0.1) is 0 Å². The number of hydrogen-bond donors (Lipinski definition) is 2. The Kier molecular flexibility index (Phi) is 11.3. The molecule has 54 heavy (non-hydrogen) atoms. The second kappa shape index (κ2) is 16.4. The van der Waals surface area contributed by atoms with Gasteiger partial charge in [0.1, 0.15) is 5.76 Å². The number of allylic oxidation sites excluding steroid dienone is 1. The van der Waals surface area contributed by atoms with Gasteiger partial charge in [-0.15, -0.1) is 0 Å². The quantitative estimate of drug-likeness (QED) is 0.0465. The summed E-state index contributed by atoms with van der Waals surface area (Å²) in [4.78, 5) is 19.9. The third kappa shape index (κ3) is 7.47. The Morgan fingerprint density at radius 2 is 0.926 bits per heavy atom. The van der Waals surface area contributed by atoms with Crippen LogP contribution in [-0.2, 0) is 4.65 Å². The third-order valence-electron chi connectivity index (χ3n) is 8.77. The number of aromatic nitrogens is 2. The number of carbonyl (C=O) groups is 1. The van der Waals surface area contributed by atoms with Crippen molar-refractivity contribution in [3.63, 3.8) is 0 Å². The molecule has 0 saturated carbocycles. The average molecular weight is 735 g/mol. The predicted octanol–water partition coefficient (Wildman–Crippen LogP) is 9.23. The molecule has 276 valence electrons. The largest absolute Gasteiger partial charge is 0.796 e. The van der Waals surface area contributed by atoms with E-state index in [-0.39, 0.29) is 17.1 Å². The van der Waals surface area contributed by atoms with Crippen molar-refractivity contribution in [3.05, 3.63) is 115 Å². The Balaban J connectivity index is 1.33. The highest BCUT2D eigenvalue weighted by Gasteiger charge is 2.24. The number of methoxy groups -OCH3 is 6. The predicted molar refractivity (Wildman–Crippen MR) is 204 cm³/mol. The lowest BCUT2D eigenvalue weighted by Gasteiger charge is -2.16. The van der Waals surface area contributed by atoms with Crippen LogP contribution in [0.15, 0.2) is 103 Å². The van der Waals surface area contributed by atoms with Gasteiger partial charge in [0.2, 0.25) is 17.3 Å². The van der Waals surface area contributed by atoms with Crippen LogP contribution in [0.4, 0.5) is 8.63 Å². The Morgan fingerprint density at radius 1 is 0.537 bits per heavy atom. The molecule has 4 aromatic carbocycles. The number of H-pyrrole nitrogens is 2. The van der Waals surface area contributed by atoms with E-state index in [2.05, 4.69) is 9.97 Å². The summed E-state index contributed by atoms with van der Waals surface area (Å²) in [5.41, 5.74) is 6.25. The summed E-state index contributed by atoms with van der Waals surface area (Å²) < 4.78 is 65.6. The third-order valence-corrected chi connectivity index (χ3v) is 8.77. The summed E-state index contributed by atoms with van der Waals surface area (Å²) in [6, 6.07) is 29.1. The van der Waals surface area contributed by atoms with Gasteiger partial charge in [-0.3, -0.25) is 4.79 Å². The van der Waals surface area contributed by atoms with Gasteiger partial charge in [0, 0.05) is 28.6 Å². The molecule has 2 N–H and O–H groups in total. The number of carbonyl (C=O) groups excluding carboxylic acids is 1. The van der Waals surface area contributed by atoms with Crippen LogP contribution in [-0.4, -0.2) is 65.9 Å². The van der Waals surface area contributed by atoms with Gasteiger partial charge in [-0.25, -0.2) is 8.63 Å². The van der Waals surface area contributed by atoms with Gasteiger partial charge in [0.15, 0.2) is 23.0 Å². The Bertz CT molecular complexity index is 2270. The zero-order valence-corrected chi connectivity index (χ0v) is 30.4. The van der Waals surface area contributed by atoms with Crippen LogP contribution in [0.2, 0.25) is 0 Å². The summed E-state index contributed by atoms with van der Waals surface area (Å²) in [5.74, 6) is 1.91. The van der Waals surface area contributed by atoms with Crippen molar-refractivity contribution in [1.82, 2.24) is 9.97 Å². The second-order valence-electron chi connectivity index (χ2n) is 11.7. The van der Waals surface area contributed by atoms with E-state index in [1.807, 2.05) is 72.8 Å². The van der Waals surface area contributed by atoms with Gasteiger partial charge in [-0.2, -0.15) is 0 Å². The molecular formula is C41H37BF2N2O8. The van der Waals surface area contributed by atoms with Gasteiger partial charge >= 0.3 is 7.47 Å². The molecule has 13 heteroatoms. The van der Waals surface area contributed by atoms with E-state index < -0.39 is 13.3 Å². The molecule has 0 unspecified atom stereocenters. The van der Waals surface area contributed by atoms with Gasteiger partial charge < -0.3 is 43.0 Å². The Hall–Kier alpha value is -6.63. The molecule has 2 heterocycles. The first-order valence-corrected chi connectivity index (χ1v) is 16.6. The van der Waals surface area contributed by atoms with Crippen molar-refractivity contribution < 1.29 is 46.5 Å². The Morgan fingerprint density at radius 3 is 1.31 bits per heavy atom. The monoisotopic (exact) mass is 734 g/mol. The molecule has 2 aromatic heterocycles. The molecule has 0 radical (unpaired) electrons. The van der Waals surface area contributed by atoms with Gasteiger partial charge in [-0.05, 0) is 70.8 Å². The van der Waals surface area contributed by atoms with Gasteiger partial charge in [-0.1, -0.05) is 48.5 Å². The minimum Gasteiger partial charge on any atom is -0.503 e. The number of aromatic amines is 2. The summed E-state index contributed by atoms with van der Waals surface area (Å²) in [7, 11) is 6.03. The molecule has 0 atom stereocenters. The number of halogens is 2. The molecule has 6 aromatic rings. The molecule has 0 aliphatic heterocycles. The minimum absolute atomic E-state index is 0.166. The molecule has 0 aliphatic carbocycles. The minimum atomic E-state index is -3.19. The van der Waals surface area contributed by atoms with Crippen LogP contribution < -0.4 is 28.4 Å². The van der Waals surface area contributed by atoms with E-state index in [0.29, 0.717) is 45.9 Å². The number of ether oxygens (including phenoxy) is 6. The molecule has 0 amide bonds. The number of ketones is 1. The van der Waals surface area contributed by atoms with Gasteiger partial charge in [0.25, 0.3) is 0 Å². The molecule has 0 aliphatic rings. The highest BCUT2D eigenvalue weighted by atomic mass is 19.2.